The van der Waals surface area contributed by atoms with E-state index < -0.39 is 12.0 Å². The molecule has 3 unspecified atom stereocenters. The average molecular weight is 256 g/mol. The predicted molar refractivity (Wildman–Crippen MR) is 69.0 cm³/mol. The standard InChI is InChI=1S/C13H24N2O3/c1-3-4-5-11(13(17)18)15-8-10(12(14)16)7-6-9(15)2/h9-11H,3-8H2,1-2H3,(H2,14,16)(H,17,18). The van der Waals surface area contributed by atoms with Crippen LogP contribution in [0.1, 0.15) is 46.0 Å². The third-order valence-electron chi connectivity index (χ3n) is 3.85. The summed E-state index contributed by atoms with van der Waals surface area (Å²) in [5.41, 5.74) is 5.34. The Hall–Kier alpha value is -1.10. The van der Waals surface area contributed by atoms with Crippen molar-refractivity contribution >= 4 is 11.9 Å². The first kappa shape index (κ1) is 15.0. The third-order valence-corrected chi connectivity index (χ3v) is 3.85. The van der Waals surface area contributed by atoms with Crippen LogP contribution in [-0.4, -0.2) is 40.5 Å². The minimum atomic E-state index is -0.791. The zero-order valence-corrected chi connectivity index (χ0v) is 11.3. The molecular weight excluding hydrogens is 232 g/mol. The number of nitrogens with two attached hydrogens (primary N) is 1. The molecule has 1 saturated heterocycles. The van der Waals surface area contributed by atoms with Gasteiger partial charge < -0.3 is 10.8 Å². The van der Waals surface area contributed by atoms with Gasteiger partial charge in [-0.3, -0.25) is 14.5 Å². The maximum atomic E-state index is 11.4. The van der Waals surface area contributed by atoms with E-state index in [0.717, 1.165) is 25.7 Å². The highest BCUT2D eigenvalue weighted by Crippen LogP contribution is 2.25. The Morgan fingerprint density at radius 2 is 2.11 bits per heavy atom. The Morgan fingerprint density at radius 1 is 1.44 bits per heavy atom. The lowest BCUT2D eigenvalue weighted by atomic mass is 9.90. The fraction of sp³-hybridized carbons (Fsp3) is 0.846. The zero-order chi connectivity index (χ0) is 13.7. The molecule has 0 aliphatic carbocycles. The summed E-state index contributed by atoms with van der Waals surface area (Å²) in [6.45, 7) is 4.56. The van der Waals surface area contributed by atoms with Gasteiger partial charge in [-0.1, -0.05) is 19.8 Å². The Morgan fingerprint density at radius 3 is 2.61 bits per heavy atom. The van der Waals surface area contributed by atoms with Crippen molar-refractivity contribution in [3.8, 4) is 0 Å². The molecule has 1 fully saturated rings. The Bertz CT molecular complexity index is 307. The van der Waals surface area contributed by atoms with Crippen LogP contribution in [0, 0.1) is 5.92 Å². The molecule has 18 heavy (non-hydrogen) atoms. The molecular formula is C13H24N2O3. The van der Waals surface area contributed by atoms with Gasteiger partial charge in [0.1, 0.15) is 6.04 Å². The first-order chi connectivity index (χ1) is 8.47. The van der Waals surface area contributed by atoms with Crippen molar-refractivity contribution < 1.29 is 14.7 Å². The van der Waals surface area contributed by atoms with E-state index in [2.05, 4.69) is 0 Å². The molecule has 1 rings (SSSR count). The van der Waals surface area contributed by atoms with E-state index in [1.165, 1.54) is 0 Å². The number of amides is 1. The van der Waals surface area contributed by atoms with Crippen molar-refractivity contribution in [1.82, 2.24) is 4.90 Å². The molecule has 3 N–H and O–H groups in total. The van der Waals surface area contributed by atoms with Gasteiger partial charge in [0.15, 0.2) is 0 Å². The molecule has 1 aliphatic rings. The van der Waals surface area contributed by atoms with Gasteiger partial charge in [-0.25, -0.2) is 0 Å². The van der Waals surface area contributed by atoms with Crippen LogP contribution in [0.2, 0.25) is 0 Å². The predicted octanol–water partition coefficient (Wildman–Crippen LogP) is 1.22. The van der Waals surface area contributed by atoms with Crippen molar-refractivity contribution in [3.63, 3.8) is 0 Å². The number of nitrogens with zero attached hydrogens (tertiary/aromatic N) is 1. The number of unbranched alkanes of at least 4 members (excludes halogenated alkanes) is 1. The van der Waals surface area contributed by atoms with Gasteiger partial charge in [-0.05, 0) is 26.2 Å². The highest BCUT2D eigenvalue weighted by atomic mass is 16.4. The second-order valence-electron chi connectivity index (χ2n) is 5.22. The first-order valence-electron chi connectivity index (χ1n) is 6.75. The summed E-state index contributed by atoms with van der Waals surface area (Å²) in [5.74, 6) is -1.31. The van der Waals surface area contributed by atoms with Crippen molar-refractivity contribution in [1.29, 1.82) is 0 Å². The van der Waals surface area contributed by atoms with Gasteiger partial charge in [0, 0.05) is 12.6 Å². The Labute approximate surface area is 108 Å². The SMILES string of the molecule is CCCCC(C(=O)O)N1CC(C(N)=O)CCC1C. The van der Waals surface area contributed by atoms with E-state index in [-0.39, 0.29) is 17.9 Å². The molecule has 0 spiro atoms. The van der Waals surface area contributed by atoms with Gasteiger partial charge in [0.25, 0.3) is 0 Å². The highest BCUT2D eigenvalue weighted by Gasteiger charge is 2.35. The average Bonchev–Trinajstić information content (AvgIpc) is 2.31. The number of likely N-dealkylation sites (tertiary alicyclic amines) is 1. The molecule has 0 aromatic heterocycles. The van der Waals surface area contributed by atoms with Crippen LogP contribution in [0.25, 0.3) is 0 Å². The topological polar surface area (TPSA) is 83.6 Å². The van der Waals surface area contributed by atoms with Crippen LogP contribution < -0.4 is 5.73 Å². The molecule has 0 saturated carbocycles. The first-order valence-corrected chi connectivity index (χ1v) is 6.75. The number of aliphatic carboxylic acids is 1. The number of primary amides is 1. The summed E-state index contributed by atoms with van der Waals surface area (Å²) in [4.78, 5) is 24.6. The van der Waals surface area contributed by atoms with E-state index >= 15 is 0 Å². The number of carbonyl (C=O) groups excluding carboxylic acids is 1. The van der Waals surface area contributed by atoms with Crippen LogP contribution >= 0.6 is 0 Å². The quantitative estimate of drug-likeness (QED) is 0.748. The van der Waals surface area contributed by atoms with Crippen molar-refractivity contribution in [2.45, 2.75) is 58.0 Å². The van der Waals surface area contributed by atoms with Gasteiger partial charge in [0.05, 0.1) is 5.92 Å². The van der Waals surface area contributed by atoms with Crippen molar-refractivity contribution in [3.05, 3.63) is 0 Å². The van der Waals surface area contributed by atoms with E-state index in [1.54, 1.807) is 0 Å². The van der Waals surface area contributed by atoms with E-state index in [1.807, 2.05) is 18.7 Å². The number of hydrogen-bond acceptors (Lipinski definition) is 3. The van der Waals surface area contributed by atoms with Crippen LogP contribution in [0.4, 0.5) is 0 Å². The summed E-state index contributed by atoms with van der Waals surface area (Å²) in [6, 6.07) is -0.277. The fourth-order valence-electron chi connectivity index (χ4n) is 2.63. The Kier molecular flexibility index (Phi) is 5.59. The largest absolute Gasteiger partial charge is 0.480 e. The normalized spacial score (nSPS) is 26.8. The van der Waals surface area contributed by atoms with Crippen LogP contribution in [-0.2, 0) is 9.59 Å². The minimum Gasteiger partial charge on any atom is -0.480 e. The fourth-order valence-corrected chi connectivity index (χ4v) is 2.63. The van der Waals surface area contributed by atoms with Gasteiger partial charge in [-0.15, -0.1) is 0 Å². The van der Waals surface area contributed by atoms with Gasteiger partial charge >= 0.3 is 5.97 Å². The number of carboxylic acid groups (broad SMARTS) is 1. The van der Waals surface area contributed by atoms with Crippen LogP contribution in [0.15, 0.2) is 0 Å². The minimum absolute atomic E-state index is 0.204. The van der Waals surface area contributed by atoms with E-state index in [4.69, 9.17) is 5.73 Å². The van der Waals surface area contributed by atoms with Crippen molar-refractivity contribution in [2.24, 2.45) is 11.7 Å². The number of carboxylic acids is 1. The second-order valence-corrected chi connectivity index (χ2v) is 5.22. The maximum absolute atomic E-state index is 11.4. The number of carbonyl (C=O) groups is 2. The van der Waals surface area contributed by atoms with E-state index in [9.17, 15) is 14.7 Å². The summed E-state index contributed by atoms with van der Waals surface area (Å²) in [7, 11) is 0. The molecule has 1 amide bonds. The van der Waals surface area contributed by atoms with Gasteiger partial charge in [0.2, 0.25) is 5.91 Å². The third kappa shape index (κ3) is 3.70. The molecule has 0 aromatic carbocycles. The van der Waals surface area contributed by atoms with E-state index in [0.29, 0.717) is 13.0 Å². The molecule has 0 aromatic rings. The lowest BCUT2D eigenvalue weighted by Crippen LogP contribution is -2.53. The number of hydrogen-bond donors (Lipinski definition) is 2. The maximum Gasteiger partial charge on any atom is 0.320 e. The molecule has 0 bridgehead atoms. The summed E-state index contributed by atoms with van der Waals surface area (Å²) < 4.78 is 0. The van der Waals surface area contributed by atoms with Gasteiger partial charge in [-0.2, -0.15) is 0 Å². The molecule has 5 heteroatoms. The summed E-state index contributed by atoms with van der Waals surface area (Å²) in [6.07, 6.45) is 4.12. The van der Waals surface area contributed by atoms with Crippen LogP contribution in [0.3, 0.4) is 0 Å². The second kappa shape index (κ2) is 6.73. The molecule has 3 atom stereocenters. The smallest absolute Gasteiger partial charge is 0.320 e. The van der Waals surface area contributed by atoms with Crippen molar-refractivity contribution in [2.75, 3.05) is 6.54 Å². The molecule has 0 radical (unpaired) electrons. The lowest BCUT2D eigenvalue weighted by Gasteiger charge is -2.40. The number of piperidine rings is 1. The lowest BCUT2D eigenvalue weighted by molar-refractivity contribution is -0.147. The monoisotopic (exact) mass is 256 g/mol. The Balaban J connectivity index is 2.73. The molecule has 104 valence electrons. The molecule has 5 nitrogen and oxygen atoms in total. The summed E-state index contributed by atoms with van der Waals surface area (Å²) in [5, 5.41) is 9.34. The number of rotatable bonds is 6. The summed E-state index contributed by atoms with van der Waals surface area (Å²) >= 11 is 0. The van der Waals surface area contributed by atoms with Crippen LogP contribution in [0.5, 0.6) is 0 Å². The zero-order valence-electron chi connectivity index (χ0n) is 11.3. The molecule has 1 heterocycles. The molecule has 1 aliphatic heterocycles. The highest BCUT2D eigenvalue weighted by molar-refractivity contribution is 5.77.